The third kappa shape index (κ3) is 5.06. The van der Waals surface area contributed by atoms with E-state index in [0.717, 1.165) is 24.1 Å². The Kier molecular flexibility index (Phi) is 5.59. The van der Waals surface area contributed by atoms with Crippen LogP contribution in [0.5, 0.6) is 0 Å². The number of carbonyl (C=O) groups is 2. The van der Waals surface area contributed by atoms with E-state index in [1.807, 2.05) is 25.5 Å². The van der Waals surface area contributed by atoms with Crippen LogP contribution in [-0.4, -0.2) is 45.2 Å². The van der Waals surface area contributed by atoms with E-state index in [0.29, 0.717) is 25.9 Å². The summed E-state index contributed by atoms with van der Waals surface area (Å²) in [7, 11) is 0. The van der Waals surface area contributed by atoms with Crippen molar-refractivity contribution in [2.45, 2.75) is 78.4 Å². The minimum Gasteiger partial charge on any atom is -0.444 e. The lowest BCUT2D eigenvalue weighted by molar-refractivity contribution is 0.0243. The van der Waals surface area contributed by atoms with Crippen LogP contribution >= 0.6 is 0 Å². The standard InChI is InChI=1S/C19H31N3O3/c1-18(2,3)22-16-14(13-20-22)9-7-11-21(12-8-10-15(16)23)17(24)25-19(4,5)6/h13H,7-12H2,1-6H3. The van der Waals surface area contributed by atoms with Crippen molar-refractivity contribution in [3.8, 4) is 0 Å². The van der Waals surface area contributed by atoms with Crippen LogP contribution in [0.4, 0.5) is 4.79 Å². The average molecular weight is 349 g/mol. The van der Waals surface area contributed by atoms with E-state index in [4.69, 9.17) is 4.74 Å². The fourth-order valence-electron chi connectivity index (χ4n) is 3.00. The smallest absolute Gasteiger partial charge is 0.410 e. The fraction of sp³-hybridized carbons (Fsp3) is 0.737. The number of hydrogen-bond donors (Lipinski definition) is 0. The van der Waals surface area contributed by atoms with E-state index in [1.54, 1.807) is 11.1 Å². The Bertz CT molecular complexity index is 635. The number of aromatic nitrogens is 2. The molecule has 6 nitrogen and oxygen atoms in total. The number of nitrogens with zero attached hydrogens (tertiary/aromatic N) is 3. The summed E-state index contributed by atoms with van der Waals surface area (Å²) in [6.45, 7) is 12.9. The molecule has 0 aliphatic carbocycles. The van der Waals surface area contributed by atoms with Gasteiger partial charge in [-0.2, -0.15) is 5.10 Å². The van der Waals surface area contributed by atoms with Gasteiger partial charge in [0.25, 0.3) is 0 Å². The van der Waals surface area contributed by atoms with Crippen LogP contribution in [-0.2, 0) is 16.7 Å². The molecule has 0 spiro atoms. The van der Waals surface area contributed by atoms with Gasteiger partial charge in [0.2, 0.25) is 0 Å². The second-order valence-corrected chi connectivity index (χ2v) is 8.70. The van der Waals surface area contributed by atoms with Gasteiger partial charge in [0.05, 0.1) is 11.7 Å². The molecular formula is C19H31N3O3. The number of ketones is 1. The highest BCUT2D eigenvalue weighted by atomic mass is 16.6. The van der Waals surface area contributed by atoms with Crippen molar-refractivity contribution < 1.29 is 14.3 Å². The molecule has 0 fully saturated rings. The predicted octanol–water partition coefficient (Wildman–Crippen LogP) is 3.78. The van der Waals surface area contributed by atoms with E-state index >= 15 is 0 Å². The lowest BCUT2D eigenvalue weighted by Crippen LogP contribution is -2.38. The van der Waals surface area contributed by atoms with Gasteiger partial charge in [-0.1, -0.05) is 0 Å². The summed E-state index contributed by atoms with van der Waals surface area (Å²) in [5.74, 6) is 0.105. The van der Waals surface area contributed by atoms with Crippen molar-refractivity contribution in [1.82, 2.24) is 14.7 Å². The summed E-state index contributed by atoms with van der Waals surface area (Å²) in [6.07, 6.45) is 4.07. The fourth-order valence-corrected chi connectivity index (χ4v) is 3.00. The van der Waals surface area contributed by atoms with Gasteiger partial charge in [0.1, 0.15) is 11.3 Å². The minimum atomic E-state index is -0.511. The molecule has 0 atom stereocenters. The summed E-state index contributed by atoms with van der Waals surface area (Å²) in [5.41, 5.74) is 0.975. The summed E-state index contributed by atoms with van der Waals surface area (Å²) in [6, 6.07) is 0. The van der Waals surface area contributed by atoms with Crippen LogP contribution in [0, 0.1) is 0 Å². The van der Waals surface area contributed by atoms with Crippen molar-refractivity contribution >= 4 is 11.9 Å². The van der Waals surface area contributed by atoms with Gasteiger partial charge < -0.3 is 9.64 Å². The topological polar surface area (TPSA) is 64.4 Å². The molecule has 0 bridgehead atoms. The van der Waals surface area contributed by atoms with Crippen LogP contribution in [0.15, 0.2) is 6.20 Å². The van der Waals surface area contributed by atoms with Gasteiger partial charge in [0.15, 0.2) is 5.78 Å². The molecule has 2 rings (SSSR count). The molecule has 1 aromatic heterocycles. The quantitative estimate of drug-likeness (QED) is 0.715. The Morgan fingerprint density at radius 2 is 1.68 bits per heavy atom. The Hall–Kier alpha value is -1.85. The molecule has 0 unspecified atom stereocenters. The first-order valence-electron chi connectivity index (χ1n) is 9.07. The zero-order valence-electron chi connectivity index (χ0n) is 16.4. The largest absolute Gasteiger partial charge is 0.444 e. The highest BCUT2D eigenvalue weighted by Crippen LogP contribution is 2.23. The first-order chi connectivity index (χ1) is 11.5. The summed E-state index contributed by atoms with van der Waals surface area (Å²) in [4.78, 5) is 26.8. The molecule has 0 saturated carbocycles. The van der Waals surface area contributed by atoms with Crippen LogP contribution in [0.25, 0.3) is 0 Å². The maximum atomic E-state index is 12.8. The summed E-state index contributed by atoms with van der Waals surface area (Å²) >= 11 is 0. The second-order valence-electron chi connectivity index (χ2n) is 8.70. The Labute approximate surface area is 150 Å². The Balaban J connectivity index is 2.17. The molecule has 2 heterocycles. The number of ether oxygens (including phenoxy) is 1. The average Bonchev–Trinajstić information content (AvgIpc) is 2.87. The van der Waals surface area contributed by atoms with Crippen LogP contribution in [0.2, 0.25) is 0 Å². The Morgan fingerprint density at radius 3 is 2.24 bits per heavy atom. The molecule has 0 saturated heterocycles. The van der Waals surface area contributed by atoms with Gasteiger partial charge >= 0.3 is 6.09 Å². The molecule has 0 N–H and O–H groups in total. The maximum absolute atomic E-state index is 12.8. The van der Waals surface area contributed by atoms with E-state index in [-0.39, 0.29) is 17.4 Å². The molecule has 1 aliphatic heterocycles. The summed E-state index contributed by atoms with van der Waals surface area (Å²) < 4.78 is 7.32. The molecule has 6 heteroatoms. The minimum absolute atomic E-state index is 0.105. The number of fused-ring (bicyclic) bond motifs is 1. The van der Waals surface area contributed by atoms with Crippen molar-refractivity contribution in [1.29, 1.82) is 0 Å². The predicted molar refractivity (Wildman–Crippen MR) is 96.9 cm³/mol. The maximum Gasteiger partial charge on any atom is 0.410 e. The number of amides is 1. The highest BCUT2D eigenvalue weighted by molar-refractivity contribution is 5.96. The Morgan fingerprint density at radius 1 is 1.08 bits per heavy atom. The monoisotopic (exact) mass is 349 g/mol. The van der Waals surface area contributed by atoms with Gasteiger partial charge in [-0.3, -0.25) is 9.48 Å². The number of carbonyl (C=O) groups excluding carboxylic acids is 2. The van der Waals surface area contributed by atoms with E-state index < -0.39 is 5.60 Å². The number of Topliss-reactive ketones (excluding diaryl/α,β-unsaturated/α-hetero) is 1. The first kappa shape index (κ1) is 19.5. The zero-order chi connectivity index (χ0) is 18.8. The van der Waals surface area contributed by atoms with Crippen LogP contribution in [0.3, 0.4) is 0 Å². The van der Waals surface area contributed by atoms with Gasteiger partial charge in [-0.25, -0.2) is 4.79 Å². The van der Waals surface area contributed by atoms with E-state index in [1.165, 1.54) is 0 Å². The molecular weight excluding hydrogens is 318 g/mol. The molecule has 1 aliphatic rings. The van der Waals surface area contributed by atoms with Gasteiger partial charge in [-0.15, -0.1) is 0 Å². The van der Waals surface area contributed by atoms with Gasteiger partial charge in [-0.05, 0) is 60.8 Å². The van der Waals surface area contributed by atoms with Crippen LogP contribution in [0.1, 0.15) is 76.9 Å². The first-order valence-corrected chi connectivity index (χ1v) is 9.07. The van der Waals surface area contributed by atoms with E-state index in [9.17, 15) is 9.59 Å². The van der Waals surface area contributed by atoms with Crippen LogP contribution < -0.4 is 0 Å². The number of rotatable bonds is 0. The van der Waals surface area contributed by atoms with Crippen molar-refractivity contribution in [3.63, 3.8) is 0 Å². The molecule has 25 heavy (non-hydrogen) atoms. The lowest BCUT2D eigenvalue weighted by atomic mass is 10.0. The number of hydrogen-bond acceptors (Lipinski definition) is 4. The zero-order valence-corrected chi connectivity index (χ0v) is 16.4. The van der Waals surface area contributed by atoms with Crippen molar-refractivity contribution in [3.05, 3.63) is 17.5 Å². The molecule has 0 aromatic carbocycles. The highest BCUT2D eigenvalue weighted by Gasteiger charge is 2.27. The molecule has 140 valence electrons. The molecule has 1 amide bonds. The normalized spacial score (nSPS) is 17.2. The molecule has 0 radical (unpaired) electrons. The summed E-state index contributed by atoms with van der Waals surface area (Å²) in [5, 5.41) is 4.46. The lowest BCUT2D eigenvalue weighted by Gasteiger charge is -2.28. The van der Waals surface area contributed by atoms with Gasteiger partial charge in [0, 0.05) is 25.1 Å². The second kappa shape index (κ2) is 7.18. The molecule has 1 aromatic rings. The van der Waals surface area contributed by atoms with Crippen molar-refractivity contribution in [2.75, 3.05) is 13.1 Å². The van der Waals surface area contributed by atoms with Crippen molar-refractivity contribution in [2.24, 2.45) is 0 Å². The SMILES string of the molecule is CC(C)(C)OC(=O)N1CCCC(=O)c2c(cnn2C(C)(C)C)CCC1. The third-order valence-electron chi connectivity index (χ3n) is 4.10. The van der Waals surface area contributed by atoms with E-state index in [2.05, 4.69) is 25.9 Å². The third-order valence-corrected chi connectivity index (χ3v) is 4.10. The number of aryl methyl sites for hydroxylation is 1.